The lowest BCUT2D eigenvalue weighted by atomic mass is 10.0. The SMILES string of the molecule is C=CCCCOCC1OC(C)(C)OC1C(O)C1COC(C)(C)O1. The van der Waals surface area contributed by atoms with Crippen molar-refractivity contribution in [3.63, 3.8) is 0 Å². The van der Waals surface area contributed by atoms with Crippen LogP contribution in [0.4, 0.5) is 0 Å². The predicted octanol–water partition coefficient (Wildman–Crippen LogP) is 2.00. The second kappa shape index (κ2) is 7.59. The van der Waals surface area contributed by atoms with E-state index in [1.165, 1.54) is 0 Å². The highest BCUT2D eigenvalue weighted by Crippen LogP contribution is 2.34. The van der Waals surface area contributed by atoms with Gasteiger partial charge in [0.1, 0.15) is 24.4 Å². The summed E-state index contributed by atoms with van der Waals surface area (Å²) in [6.07, 6.45) is 1.59. The summed E-state index contributed by atoms with van der Waals surface area (Å²) in [4.78, 5) is 0. The molecule has 0 radical (unpaired) electrons. The highest BCUT2D eigenvalue weighted by atomic mass is 16.8. The van der Waals surface area contributed by atoms with Crippen molar-refractivity contribution in [2.24, 2.45) is 0 Å². The van der Waals surface area contributed by atoms with Crippen LogP contribution in [0, 0.1) is 0 Å². The summed E-state index contributed by atoms with van der Waals surface area (Å²) >= 11 is 0. The van der Waals surface area contributed by atoms with E-state index >= 15 is 0 Å². The topological polar surface area (TPSA) is 66.4 Å². The van der Waals surface area contributed by atoms with Crippen molar-refractivity contribution in [2.45, 2.75) is 76.5 Å². The fourth-order valence-electron chi connectivity index (χ4n) is 2.91. The molecule has 2 heterocycles. The summed E-state index contributed by atoms with van der Waals surface area (Å²) in [6.45, 7) is 12.4. The molecule has 0 aromatic carbocycles. The normalized spacial score (nSPS) is 33.7. The third kappa shape index (κ3) is 5.24. The number of ether oxygens (including phenoxy) is 5. The van der Waals surface area contributed by atoms with E-state index in [0.717, 1.165) is 12.8 Å². The molecule has 0 saturated carbocycles. The average Bonchev–Trinajstić information content (AvgIpc) is 2.97. The van der Waals surface area contributed by atoms with Gasteiger partial charge in [0.05, 0.1) is 13.2 Å². The fraction of sp³-hybridized carbons (Fsp3) is 0.882. The minimum atomic E-state index is -0.833. The Bertz CT molecular complexity index is 395. The average molecular weight is 330 g/mol. The molecule has 6 heteroatoms. The molecule has 2 rings (SSSR count). The Labute approximate surface area is 138 Å². The first-order valence-corrected chi connectivity index (χ1v) is 8.28. The van der Waals surface area contributed by atoms with Crippen molar-refractivity contribution in [1.29, 1.82) is 0 Å². The summed E-state index contributed by atoms with van der Waals surface area (Å²) in [5.41, 5.74) is 0. The van der Waals surface area contributed by atoms with Crippen molar-refractivity contribution in [2.75, 3.05) is 19.8 Å². The molecule has 1 N–H and O–H groups in total. The molecule has 23 heavy (non-hydrogen) atoms. The predicted molar refractivity (Wildman–Crippen MR) is 85.0 cm³/mol. The number of hydrogen-bond acceptors (Lipinski definition) is 6. The van der Waals surface area contributed by atoms with Gasteiger partial charge >= 0.3 is 0 Å². The minimum Gasteiger partial charge on any atom is -0.387 e. The van der Waals surface area contributed by atoms with E-state index < -0.39 is 29.9 Å². The van der Waals surface area contributed by atoms with Gasteiger partial charge in [0, 0.05) is 6.61 Å². The number of aliphatic hydroxyl groups excluding tert-OH is 1. The molecule has 2 saturated heterocycles. The van der Waals surface area contributed by atoms with Crippen molar-refractivity contribution < 1.29 is 28.8 Å². The molecule has 0 spiro atoms. The summed E-state index contributed by atoms with van der Waals surface area (Å²) in [5.74, 6) is -1.44. The first-order chi connectivity index (χ1) is 10.7. The molecule has 2 aliphatic rings. The smallest absolute Gasteiger partial charge is 0.164 e. The van der Waals surface area contributed by atoms with Crippen LogP contribution in [-0.2, 0) is 23.7 Å². The van der Waals surface area contributed by atoms with Crippen molar-refractivity contribution in [3.8, 4) is 0 Å². The zero-order valence-electron chi connectivity index (χ0n) is 14.6. The Morgan fingerprint density at radius 2 is 1.96 bits per heavy atom. The number of hydrogen-bond donors (Lipinski definition) is 1. The molecule has 0 bridgehead atoms. The fourth-order valence-corrected chi connectivity index (χ4v) is 2.91. The van der Waals surface area contributed by atoms with Gasteiger partial charge in [-0.15, -0.1) is 6.58 Å². The van der Waals surface area contributed by atoms with Crippen LogP contribution in [0.15, 0.2) is 12.7 Å². The van der Waals surface area contributed by atoms with Gasteiger partial charge in [0.2, 0.25) is 0 Å². The summed E-state index contributed by atoms with van der Waals surface area (Å²) in [7, 11) is 0. The van der Waals surface area contributed by atoms with Crippen LogP contribution in [0.1, 0.15) is 40.5 Å². The molecule has 0 aromatic rings. The first kappa shape index (κ1) is 18.8. The van der Waals surface area contributed by atoms with E-state index in [1.54, 1.807) is 0 Å². The van der Waals surface area contributed by atoms with Gasteiger partial charge < -0.3 is 28.8 Å². The molecular weight excluding hydrogens is 300 g/mol. The molecule has 134 valence electrons. The minimum absolute atomic E-state index is 0.335. The van der Waals surface area contributed by atoms with E-state index in [2.05, 4.69) is 6.58 Å². The molecule has 4 atom stereocenters. The van der Waals surface area contributed by atoms with Crippen molar-refractivity contribution in [1.82, 2.24) is 0 Å². The third-order valence-electron chi connectivity index (χ3n) is 3.95. The first-order valence-electron chi connectivity index (χ1n) is 8.28. The Balaban J connectivity index is 1.90. The second-order valence-corrected chi connectivity index (χ2v) is 7.00. The maximum absolute atomic E-state index is 10.6. The quantitative estimate of drug-likeness (QED) is 0.542. The Morgan fingerprint density at radius 3 is 2.57 bits per heavy atom. The van der Waals surface area contributed by atoms with E-state index in [4.69, 9.17) is 23.7 Å². The lowest BCUT2D eigenvalue weighted by Crippen LogP contribution is -2.46. The maximum atomic E-state index is 10.6. The van der Waals surface area contributed by atoms with Crippen LogP contribution in [0.3, 0.4) is 0 Å². The molecular formula is C17H30O6. The van der Waals surface area contributed by atoms with Crippen LogP contribution in [0.25, 0.3) is 0 Å². The van der Waals surface area contributed by atoms with Gasteiger partial charge in [-0.25, -0.2) is 0 Å². The zero-order chi connectivity index (χ0) is 17.1. The van der Waals surface area contributed by atoms with Crippen LogP contribution in [-0.4, -0.2) is 60.9 Å². The van der Waals surface area contributed by atoms with Crippen molar-refractivity contribution in [3.05, 3.63) is 12.7 Å². The Hall–Kier alpha value is -0.500. The molecule has 0 aliphatic carbocycles. The van der Waals surface area contributed by atoms with Gasteiger partial charge in [-0.3, -0.25) is 0 Å². The number of allylic oxidation sites excluding steroid dienone is 1. The lowest BCUT2D eigenvalue weighted by molar-refractivity contribution is -0.178. The Morgan fingerprint density at radius 1 is 1.22 bits per heavy atom. The van der Waals surface area contributed by atoms with Gasteiger partial charge in [0.15, 0.2) is 11.6 Å². The second-order valence-electron chi connectivity index (χ2n) is 7.00. The zero-order valence-corrected chi connectivity index (χ0v) is 14.6. The molecule has 0 aromatic heterocycles. The largest absolute Gasteiger partial charge is 0.387 e. The molecule has 6 nitrogen and oxygen atoms in total. The monoisotopic (exact) mass is 330 g/mol. The standard InChI is InChI=1S/C17H30O6/c1-6-7-8-9-19-10-13-15(23-17(4,5)22-13)14(18)12-11-20-16(2,3)21-12/h6,12-15,18H,1,7-11H2,2-5H3. The highest BCUT2D eigenvalue weighted by Gasteiger charge is 2.49. The van der Waals surface area contributed by atoms with Crippen LogP contribution in [0.5, 0.6) is 0 Å². The number of rotatable bonds is 8. The third-order valence-corrected chi connectivity index (χ3v) is 3.95. The summed E-state index contributed by atoms with van der Waals surface area (Å²) in [6, 6.07) is 0. The molecule has 2 fully saturated rings. The Kier molecular flexibility index (Phi) is 6.22. The molecule has 2 aliphatic heterocycles. The van der Waals surface area contributed by atoms with Crippen LogP contribution in [0.2, 0.25) is 0 Å². The van der Waals surface area contributed by atoms with Gasteiger partial charge in [-0.05, 0) is 40.5 Å². The van der Waals surface area contributed by atoms with Crippen molar-refractivity contribution >= 4 is 0 Å². The van der Waals surface area contributed by atoms with E-state index in [0.29, 0.717) is 19.8 Å². The summed E-state index contributed by atoms with van der Waals surface area (Å²) < 4.78 is 28.7. The highest BCUT2D eigenvalue weighted by molar-refractivity contribution is 4.92. The van der Waals surface area contributed by atoms with Gasteiger partial charge in [-0.1, -0.05) is 6.08 Å². The van der Waals surface area contributed by atoms with E-state index in [-0.39, 0.29) is 6.10 Å². The molecule has 4 unspecified atom stereocenters. The van der Waals surface area contributed by atoms with E-state index in [1.807, 2.05) is 33.8 Å². The summed E-state index contributed by atoms with van der Waals surface area (Å²) in [5, 5.41) is 10.6. The van der Waals surface area contributed by atoms with Crippen LogP contribution < -0.4 is 0 Å². The molecule has 0 amide bonds. The van der Waals surface area contributed by atoms with E-state index in [9.17, 15) is 5.11 Å². The van der Waals surface area contributed by atoms with Gasteiger partial charge in [-0.2, -0.15) is 0 Å². The maximum Gasteiger partial charge on any atom is 0.164 e. The number of aliphatic hydroxyl groups is 1. The van der Waals surface area contributed by atoms with Gasteiger partial charge in [0.25, 0.3) is 0 Å². The number of unbranched alkanes of at least 4 members (excludes halogenated alkanes) is 1. The lowest BCUT2D eigenvalue weighted by Gasteiger charge is -2.27. The van der Waals surface area contributed by atoms with Crippen LogP contribution >= 0.6 is 0 Å².